The molecule has 1 aliphatic heterocycles. The van der Waals surface area contributed by atoms with Crippen molar-refractivity contribution in [1.29, 1.82) is 0 Å². The Labute approximate surface area is 190 Å². The molecule has 0 saturated carbocycles. The highest BCUT2D eigenvalue weighted by molar-refractivity contribution is 7.89. The van der Waals surface area contributed by atoms with Crippen molar-refractivity contribution in [3.63, 3.8) is 0 Å². The molecule has 8 nitrogen and oxygen atoms in total. The Kier molecular flexibility index (Phi) is 8.46. The average Bonchev–Trinajstić information content (AvgIpc) is 2.81. The van der Waals surface area contributed by atoms with E-state index >= 15 is 0 Å². The van der Waals surface area contributed by atoms with Crippen LogP contribution in [0.4, 0.5) is 0 Å². The maximum atomic E-state index is 12.7. The summed E-state index contributed by atoms with van der Waals surface area (Å²) in [5.41, 5.74) is 1.05. The normalized spacial score (nSPS) is 15.3. The number of pyridine rings is 1. The van der Waals surface area contributed by atoms with E-state index in [9.17, 15) is 13.2 Å². The standard InChI is InChI=1S/C23H31N3O5S/c1-3-30-21-8-7-18(16-22(21)31-4-2)9-13-25-23(27)19-10-14-26(15-11-19)32(28,29)20-6-5-12-24-17-20/h5-8,12,16-17,19H,3-4,9-11,13-15H2,1-2H3,(H,25,27). The number of nitrogens with one attached hydrogen (secondary N) is 1. The molecule has 0 aliphatic carbocycles. The van der Waals surface area contributed by atoms with Crippen LogP contribution in [0.1, 0.15) is 32.3 Å². The molecule has 1 N–H and O–H groups in total. The van der Waals surface area contributed by atoms with Gasteiger partial charge in [0.25, 0.3) is 0 Å². The van der Waals surface area contributed by atoms with Crippen molar-refractivity contribution >= 4 is 15.9 Å². The summed E-state index contributed by atoms with van der Waals surface area (Å²) >= 11 is 0. The zero-order valence-electron chi connectivity index (χ0n) is 18.6. The molecule has 32 heavy (non-hydrogen) atoms. The highest BCUT2D eigenvalue weighted by Gasteiger charge is 2.32. The van der Waals surface area contributed by atoms with E-state index in [1.165, 1.54) is 10.5 Å². The molecule has 2 aromatic rings. The number of hydrogen-bond donors (Lipinski definition) is 1. The van der Waals surface area contributed by atoms with Gasteiger partial charge in [-0.1, -0.05) is 6.07 Å². The number of carbonyl (C=O) groups excluding carboxylic acids is 1. The molecule has 0 atom stereocenters. The van der Waals surface area contributed by atoms with Crippen molar-refractivity contribution in [2.45, 2.75) is 38.0 Å². The molecule has 0 spiro atoms. The lowest BCUT2D eigenvalue weighted by Crippen LogP contribution is -2.43. The van der Waals surface area contributed by atoms with E-state index in [-0.39, 0.29) is 16.7 Å². The van der Waals surface area contributed by atoms with Crippen LogP contribution in [0.25, 0.3) is 0 Å². The molecule has 1 aromatic heterocycles. The summed E-state index contributed by atoms with van der Waals surface area (Å²) in [5.74, 6) is 1.21. The third-order valence-corrected chi connectivity index (χ3v) is 7.30. The van der Waals surface area contributed by atoms with Crippen molar-refractivity contribution in [3.8, 4) is 11.5 Å². The van der Waals surface area contributed by atoms with E-state index in [0.717, 1.165) is 11.3 Å². The maximum absolute atomic E-state index is 12.7. The van der Waals surface area contributed by atoms with E-state index in [1.807, 2.05) is 32.0 Å². The molecule has 9 heteroatoms. The first-order valence-electron chi connectivity index (χ1n) is 11.0. The van der Waals surface area contributed by atoms with Crippen molar-refractivity contribution in [2.75, 3.05) is 32.8 Å². The van der Waals surface area contributed by atoms with E-state index in [2.05, 4.69) is 10.3 Å². The second-order valence-corrected chi connectivity index (χ2v) is 9.49. The van der Waals surface area contributed by atoms with E-state index < -0.39 is 10.0 Å². The molecule has 0 bridgehead atoms. The van der Waals surface area contributed by atoms with Gasteiger partial charge in [0.1, 0.15) is 4.90 Å². The Morgan fingerprint density at radius 3 is 2.50 bits per heavy atom. The number of amides is 1. The van der Waals surface area contributed by atoms with Crippen molar-refractivity contribution < 1.29 is 22.7 Å². The lowest BCUT2D eigenvalue weighted by Gasteiger charge is -2.30. The monoisotopic (exact) mass is 461 g/mol. The summed E-state index contributed by atoms with van der Waals surface area (Å²) < 4.78 is 38.1. The quantitative estimate of drug-likeness (QED) is 0.584. The van der Waals surface area contributed by atoms with Crippen LogP contribution in [0.3, 0.4) is 0 Å². The summed E-state index contributed by atoms with van der Waals surface area (Å²) in [6, 6.07) is 8.96. The fourth-order valence-electron chi connectivity index (χ4n) is 3.73. The van der Waals surface area contributed by atoms with Crippen molar-refractivity contribution in [2.24, 2.45) is 5.92 Å². The fraction of sp³-hybridized carbons (Fsp3) is 0.478. The fourth-order valence-corrected chi connectivity index (χ4v) is 5.17. The number of aromatic nitrogens is 1. The van der Waals surface area contributed by atoms with Gasteiger partial charge in [0.2, 0.25) is 15.9 Å². The summed E-state index contributed by atoms with van der Waals surface area (Å²) in [6.45, 7) is 6.13. The van der Waals surface area contributed by atoms with Gasteiger partial charge in [-0.05, 0) is 62.9 Å². The highest BCUT2D eigenvalue weighted by Crippen LogP contribution is 2.29. The Hall–Kier alpha value is -2.65. The van der Waals surface area contributed by atoms with Gasteiger partial charge in [-0.25, -0.2) is 8.42 Å². The molecule has 0 radical (unpaired) electrons. The number of hydrogen-bond acceptors (Lipinski definition) is 6. The number of ether oxygens (including phenoxy) is 2. The molecule has 1 aromatic carbocycles. The van der Waals surface area contributed by atoms with Gasteiger partial charge < -0.3 is 14.8 Å². The van der Waals surface area contributed by atoms with Crippen LogP contribution >= 0.6 is 0 Å². The molecule has 2 heterocycles. The largest absolute Gasteiger partial charge is 0.490 e. The Balaban J connectivity index is 1.48. The number of nitrogens with zero attached hydrogens (tertiary/aromatic N) is 2. The average molecular weight is 462 g/mol. The first kappa shape index (κ1) is 24.0. The number of benzene rings is 1. The smallest absolute Gasteiger partial charge is 0.244 e. The predicted molar refractivity (Wildman–Crippen MR) is 121 cm³/mol. The van der Waals surface area contributed by atoms with Gasteiger partial charge in [-0.2, -0.15) is 4.31 Å². The van der Waals surface area contributed by atoms with Crippen molar-refractivity contribution in [3.05, 3.63) is 48.3 Å². The Morgan fingerprint density at radius 1 is 1.12 bits per heavy atom. The molecular formula is C23H31N3O5S. The second-order valence-electron chi connectivity index (χ2n) is 7.56. The zero-order chi connectivity index (χ0) is 23.0. The van der Waals surface area contributed by atoms with Gasteiger partial charge in [0.15, 0.2) is 11.5 Å². The molecule has 1 saturated heterocycles. The minimum absolute atomic E-state index is 0.0283. The number of sulfonamides is 1. The summed E-state index contributed by atoms with van der Waals surface area (Å²) in [6.07, 6.45) is 4.57. The Morgan fingerprint density at radius 2 is 1.84 bits per heavy atom. The summed E-state index contributed by atoms with van der Waals surface area (Å²) in [4.78, 5) is 16.7. The Bertz CT molecular complexity index is 990. The van der Waals surface area contributed by atoms with Gasteiger partial charge in [-0.3, -0.25) is 9.78 Å². The third kappa shape index (κ3) is 5.98. The lowest BCUT2D eigenvalue weighted by molar-refractivity contribution is -0.126. The third-order valence-electron chi connectivity index (χ3n) is 5.42. The van der Waals surface area contributed by atoms with Crippen LogP contribution in [-0.4, -0.2) is 56.5 Å². The number of piperidine rings is 1. The summed E-state index contributed by atoms with van der Waals surface area (Å²) in [5, 5.41) is 2.99. The minimum atomic E-state index is -3.56. The molecule has 1 fully saturated rings. The summed E-state index contributed by atoms with van der Waals surface area (Å²) in [7, 11) is -3.56. The molecule has 3 rings (SSSR count). The molecule has 0 unspecified atom stereocenters. The van der Waals surface area contributed by atoms with Crippen LogP contribution in [0, 0.1) is 5.92 Å². The van der Waals surface area contributed by atoms with E-state index in [4.69, 9.17) is 9.47 Å². The van der Waals surface area contributed by atoms with Gasteiger partial charge in [0, 0.05) is 37.9 Å². The minimum Gasteiger partial charge on any atom is -0.490 e. The number of rotatable bonds is 10. The predicted octanol–water partition coefficient (Wildman–Crippen LogP) is 2.64. The van der Waals surface area contributed by atoms with Gasteiger partial charge >= 0.3 is 0 Å². The second kappa shape index (κ2) is 11.3. The first-order valence-corrected chi connectivity index (χ1v) is 12.5. The van der Waals surface area contributed by atoms with E-state index in [1.54, 1.807) is 18.3 Å². The topological polar surface area (TPSA) is 97.8 Å². The highest BCUT2D eigenvalue weighted by atomic mass is 32.2. The molecular weight excluding hydrogens is 430 g/mol. The maximum Gasteiger partial charge on any atom is 0.244 e. The van der Waals surface area contributed by atoms with Crippen LogP contribution < -0.4 is 14.8 Å². The molecule has 1 aliphatic rings. The molecule has 1 amide bonds. The SMILES string of the molecule is CCOc1ccc(CCNC(=O)C2CCN(S(=O)(=O)c3cccnc3)CC2)cc1OCC. The van der Waals surface area contributed by atoms with Crippen LogP contribution in [0.2, 0.25) is 0 Å². The van der Waals surface area contributed by atoms with Crippen LogP contribution in [0.5, 0.6) is 11.5 Å². The first-order chi connectivity index (χ1) is 15.5. The molecule has 174 valence electrons. The van der Waals surface area contributed by atoms with E-state index in [0.29, 0.717) is 57.9 Å². The zero-order valence-corrected chi connectivity index (χ0v) is 19.4. The van der Waals surface area contributed by atoms with Gasteiger partial charge in [0.05, 0.1) is 13.2 Å². The number of carbonyl (C=O) groups is 1. The van der Waals surface area contributed by atoms with Crippen LogP contribution in [0.15, 0.2) is 47.6 Å². The van der Waals surface area contributed by atoms with Crippen molar-refractivity contribution in [1.82, 2.24) is 14.6 Å². The van der Waals surface area contributed by atoms with Crippen LogP contribution in [-0.2, 0) is 21.2 Å². The lowest BCUT2D eigenvalue weighted by atomic mass is 9.97. The van der Waals surface area contributed by atoms with Gasteiger partial charge in [-0.15, -0.1) is 0 Å².